The van der Waals surface area contributed by atoms with E-state index in [0.29, 0.717) is 5.56 Å². The molecule has 4 nitrogen and oxygen atoms in total. The lowest BCUT2D eigenvalue weighted by molar-refractivity contribution is 0.0940. The predicted octanol–water partition coefficient (Wildman–Crippen LogP) is 3.76. The molecule has 1 unspecified atom stereocenters. The molecule has 0 bridgehead atoms. The maximum Gasteiger partial charge on any atom is 0.252 e. The topological polar surface area (TPSA) is 54.9 Å². The lowest BCUT2D eigenvalue weighted by Gasteiger charge is -2.10. The maximum absolute atomic E-state index is 12.0. The van der Waals surface area contributed by atoms with Crippen LogP contribution < -0.4 is 5.32 Å². The van der Waals surface area contributed by atoms with E-state index in [1.54, 1.807) is 23.7 Å². The van der Waals surface area contributed by atoms with E-state index in [0.717, 1.165) is 16.3 Å². The van der Waals surface area contributed by atoms with Crippen LogP contribution in [0.15, 0.2) is 46.7 Å². The molecule has 1 atom stereocenters. The fourth-order valence-electron chi connectivity index (χ4n) is 1.87. The molecular formula is C15H13N3OS2. The van der Waals surface area contributed by atoms with Gasteiger partial charge in [-0.1, -0.05) is 0 Å². The van der Waals surface area contributed by atoms with Crippen LogP contribution in [0.1, 0.15) is 28.3 Å². The number of nitrogens with zero attached hydrogens (tertiary/aromatic N) is 2. The van der Waals surface area contributed by atoms with Crippen molar-refractivity contribution in [1.82, 2.24) is 15.3 Å². The average molecular weight is 315 g/mol. The first-order chi connectivity index (χ1) is 10.2. The first kappa shape index (κ1) is 13.9. The van der Waals surface area contributed by atoms with Gasteiger partial charge in [-0.05, 0) is 30.5 Å². The second-order valence-corrected chi connectivity index (χ2v) is 6.19. The number of hydrogen-bond acceptors (Lipinski definition) is 5. The van der Waals surface area contributed by atoms with Gasteiger partial charge in [-0.3, -0.25) is 9.78 Å². The van der Waals surface area contributed by atoms with Crippen LogP contribution in [0.3, 0.4) is 0 Å². The lowest BCUT2D eigenvalue weighted by atomic mass is 10.2. The lowest BCUT2D eigenvalue weighted by Crippen LogP contribution is -2.26. The van der Waals surface area contributed by atoms with Gasteiger partial charge in [0.15, 0.2) is 0 Å². The van der Waals surface area contributed by atoms with Gasteiger partial charge in [-0.15, -0.1) is 11.3 Å². The van der Waals surface area contributed by atoms with E-state index in [9.17, 15) is 4.79 Å². The van der Waals surface area contributed by atoms with Crippen LogP contribution in [0.2, 0.25) is 0 Å². The zero-order valence-electron chi connectivity index (χ0n) is 11.3. The number of aromatic nitrogens is 2. The fourth-order valence-corrected chi connectivity index (χ4v) is 3.34. The Morgan fingerprint density at radius 2 is 2.24 bits per heavy atom. The molecule has 0 fully saturated rings. The molecule has 0 radical (unpaired) electrons. The summed E-state index contributed by atoms with van der Waals surface area (Å²) < 4.78 is 0. The Kier molecular flexibility index (Phi) is 4.08. The van der Waals surface area contributed by atoms with Gasteiger partial charge in [0.2, 0.25) is 0 Å². The van der Waals surface area contributed by atoms with Crippen LogP contribution in [0.25, 0.3) is 11.3 Å². The van der Waals surface area contributed by atoms with E-state index >= 15 is 0 Å². The molecule has 0 saturated carbocycles. The normalized spacial score (nSPS) is 12.0. The van der Waals surface area contributed by atoms with Crippen LogP contribution in [-0.4, -0.2) is 15.9 Å². The van der Waals surface area contributed by atoms with Crippen molar-refractivity contribution in [2.24, 2.45) is 0 Å². The van der Waals surface area contributed by atoms with Crippen LogP contribution in [0, 0.1) is 0 Å². The number of carbonyl (C=O) groups excluding carboxylic acids is 1. The first-order valence-electron chi connectivity index (χ1n) is 6.43. The molecule has 0 aliphatic heterocycles. The van der Waals surface area contributed by atoms with Crippen LogP contribution in [0.4, 0.5) is 0 Å². The van der Waals surface area contributed by atoms with Crippen molar-refractivity contribution in [3.05, 3.63) is 57.3 Å². The zero-order valence-corrected chi connectivity index (χ0v) is 12.9. The molecule has 0 aromatic carbocycles. The summed E-state index contributed by atoms with van der Waals surface area (Å²) in [5, 5.41) is 9.57. The number of thiophene rings is 1. The quantitative estimate of drug-likeness (QED) is 0.797. The van der Waals surface area contributed by atoms with Crippen molar-refractivity contribution in [2.75, 3.05) is 0 Å². The summed E-state index contributed by atoms with van der Waals surface area (Å²) in [4.78, 5) is 20.7. The van der Waals surface area contributed by atoms with Crippen LogP contribution in [-0.2, 0) is 0 Å². The highest BCUT2D eigenvalue weighted by atomic mass is 32.1. The highest BCUT2D eigenvalue weighted by molar-refractivity contribution is 7.10. The summed E-state index contributed by atoms with van der Waals surface area (Å²) in [5.41, 5.74) is 2.56. The summed E-state index contributed by atoms with van der Waals surface area (Å²) >= 11 is 3.05. The van der Waals surface area contributed by atoms with Gasteiger partial charge in [-0.25, -0.2) is 4.98 Å². The number of rotatable bonds is 4. The van der Waals surface area contributed by atoms with Gasteiger partial charge in [0, 0.05) is 28.7 Å². The van der Waals surface area contributed by atoms with Crippen molar-refractivity contribution in [3.8, 4) is 11.3 Å². The summed E-state index contributed by atoms with van der Waals surface area (Å²) in [7, 11) is 0. The Morgan fingerprint density at radius 1 is 1.33 bits per heavy atom. The van der Waals surface area contributed by atoms with E-state index in [1.165, 1.54) is 11.3 Å². The molecule has 106 valence electrons. The van der Waals surface area contributed by atoms with Crippen molar-refractivity contribution in [2.45, 2.75) is 13.0 Å². The number of amides is 1. The molecule has 0 spiro atoms. The number of thiazole rings is 1. The van der Waals surface area contributed by atoms with E-state index in [2.05, 4.69) is 15.3 Å². The molecule has 1 amide bonds. The monoisotopic (exact) mass is 315 g/mol. The Morgan fingerprint density at radius 3 is 2.95 bits per heavy atom. The Bertz CT molecular complexity index is 722. The highest BCUT2D eigenvalue weighted by Crippen LogP contribution is 2.25. The molecule has 0 saturated heterocycles. The number of pyridine rings is 1. The van der Waals surface area contributed by atoms with Gasteiger partial charge >= 0.3 is 0 Å². The third-order valence-electron chi connectivity index (χ3n) is 2.98. The fraction of sp³-hybridized carbons (Fsp3) is 0.133. The molecular weight excluding hydrogens is 302 g/mol. The largest absolute Gasteiger partial charge is 0.343 e. The van der Waals surface area contributed by atoms with Crippen molar-refractivity contribution >= 4 is 28.6 Å². The minimum atomic E-state index is -0.118. The Balaban J connectivity index is 1.73. The minimum absolute atomic E-state index is 0.0677. The molecule has 0 aliphatic carbocycles. The molecule has 3 aromatic heterocycles. The maximum atomic E-state index is 12.0. The third-order valence-corrected chi connectivity index (χ3v) is 4.69. The van der Waals surface area contributed by atoms with Gasteiger partial charge < -0.3 is 5.32 Å². The summed E-state index contributed by atoms with van der Waals surface area (Å²) in [5.74, 6) is -0.0677. The molecule has 6 heteroatoms. The average Bonchev–Trinajstić information content (AvgIpc) is 3.20. The van der Waals surface area contributed by atoms with E-state index in [1.807, 2.05) is 41.3 Å². The van der Waals surface area contributed by atoms with E-state index in [4.69, 9.17) is 0 Å². The van der Waals surface area contributed by atoms with Crippen molar-refractivity contribution in [1.29, 1.82) is 0 Å². The molecule has 21 heavy (non-hydrogen) atoms. The second kappa shape index (κ2) is 6.15. The Labute approximate surface area is 130 Å². The zero-order chi connectivity index (χ0) is 14.7. The number of carbonyl (C=O) groups is 1. The number of nitrogens with one attached hydrogen (secondary N) is 1. The molecule has 3 aromatic rings. The van der Waals surface area contributed by atoms with Crippen LogP contribution in [0.5, 0.6) is 0 Å². The highest BCUT2D eigenvalue weighted by Gasteiger charge is 2.15. The SMILES string of the molecule is CC(NC(=O)c1ccsc1)c1nc(-c2cccnc2)cs1. The molecule has 3 rings (SSSR count). The summed E-state index contributed by atoms with van der Waals surface area (Å²) in [6, 6.07) is 5.56. The minimum Gasteiger partial charge on any atom is -0.343 e. The predicted molar refractivity (Wildman–Crippen MR) is 85.5 cm³/mol. The van der Waals surface area contributed by atoms with Crippen molar-refractivity contribution in [3.63, 3.8) is 0 Å². The third kappa shape index (κ3) is 3.17. The second-order valence-electron chi connectivity index (χ2n) is 4.52. The summed E-state index contributed by atoms with van der Waals surface area (Å²) in [6.07, 6.45) is 3.52. The van der Waals surface area contributed by atoms with Crippen LogP contribution >= 0.6 is 22.7 Å². The standard InChI is InChI=1S/C15H13N3OS2/c1-10(17-14(19)12-4-6-20-8-12)15-18-13(9-21-15)11-3-2-5-16-7-11/h2-10H,1H3,(H,17,19). The molecule has 0 aliphatic rings. The first-order valence-corrected chi connectivity index (χ1v) is 8.25. The Hall–Kier alpha value is -2.05. The van der Waals surface area contributed by atoms with E-state index in [-0.39, 0.29) is 11.9 Å². The van der Waals surface area contributed by atoms with Gasteiger partial charge in [-0.2, -0.15) is 11.3 Å². The smallest absolute Gasteiger partial charge is 0.252 e. The van der Waals surface area contributed by atoms with Crippen molar-refractivity contribution < 1.29 is 4.79 Å². The molecule has 3 heterocycles. The summed E-state index contributed by atoms with van der Waals surface area (Å²) in [6.45, 7) is 1.94. The van der Waals surface area contributed by atoms with Gasteiger partial charge in [0.1, 0.15) is 5.01 Å². The molecule has 1 N–H and O–H groups in total. The number of hydrogen-bond donors (Lipinski definition) is 1. The van der Waals surface area contributed by atoms with Gasteiger partial charge in [0.25, 0.3) is 5.91 Å². The van der Waals surface area contributed by atoms with Gasteiger partial charge in [0.05, 0.1) is 17.3 Å². The van der Waals surface area contributed by atoms with E-state index < -0.39 is 0 Å².